The van der Waals surface area contributed by atoms with E-state index in [-0.39, 0.29) is 23.2 Å². The standard InChI is InChI=1S/C14H24FN3O2S/c1-10-6-11(16)7-12(13(10)15)21(19,20)17-8-14(2,3)9-18(4)5/h6-7,17H,8-9,16H2,1-5H3. The fraction of sp³-hybridized carbons (Fsp3) is 0.571. The number of nitrogens with one attached hydrogen (secondary N) is 1. The molecule has 0 radical (unpaired) electrons. The van der Waals surface area contributed by atoms with Gasteiger partial charge in [-0.25, -0.2) is 17.5 Å². The van der Waals surface area contributed by atoms with Gasteiger partial charge in [0.2, 0.25) is 10.0 Å². The van der Waals surface area contributed by atoms with Gasteiger partial charge in [-0.3, -0.25) is 0 Å². The van der Waals surface area contributed by atoms with Crippen LogP contribution in [0.1, 0.15) is 19.4 Å². The highest BCUT2D eigenvalue weighted by molar-refractivity contribution is 7.89. The Labute approximate surface area is 126 Å². The molecule has 0 bridgehead atoms. The molecule has 5 nitrogen and oxygen atoms in total. The summed E-state index contributed by atoms with van der Waals surface area (Å²) < 4.78 is 41.0. The van der Waals surface area contributed by atoms with Crippen LogP contribution in [0.5, 0.6) is 0 Å². The quantitative estimate of drug-likeness (QED) is 0.781. The molecule has 0 spiro atoms. The molecule has 0 aliphatic carbocycles. The van der Waals surface area contributed by atoms with E-state index < -0.39 is 20.7 Å². The predicted molar refractivity (Wildman–Crippen MR) is 83.1 cm³/mol. The highest BCUT2D eigenvalue weighted by atomic mass is 32.2. The Kier molecular flexibility index (Phi) is 5.35. The minimum absolute atomic E-state index is 0.209. The summed E-state index contributed by atoms with van der Waals surface area (Å²) in [5.74, 6) is -0.762. The Morgan fingerprint density at radius 2 is 1.90 bits per heavy atom. The summed E-state index contributed by atoms with van der Waals surface area (Å²) >= 11 is 0. The van der Waals surface area contributed by atoms with Crippen LogP contribution >= 0.6 is 0 Å². The number of nitrogen functional groups attached to an aromatic ring is 1. The molecular formula is C14H24FN3O2S. The van der Waals surface area contributed by atoms with E-state index in [1.165, 1.54) is 13.0 Å². The van der Waals surface area contributed by atoms with Crippen molar-refractivity contribution in [3.05, 3.63) is 23.5 Å². The summed E-state index contributed by atoms with van der Waals surface area (Å²) in [6.07, 6.45) is 0. The third-order valence-corrected chi connectivity index (χ3v) is 4.42. The van der Waals surface area contributed by atoms with E-state index in [0.717, 1.165) is 6.07 Å². The number of nitrogens with zero attached hydrogens (tertiary/aromatic N) is 1. The van der Waals surface area contributed by atoms with Gasteiger partial charge < -0.3 is 10.6 Å². The predicted octanol–water partition coefficient (Wildman–Crippen LogP) is 1.58. The second-order valence-corrected chi connectivity index (χ2v) is 8.11. The minimum atomic E-state index is -3.93. The van der Waals surface area contributed by atoms with Crippen molar-refractivity contribution in [3.63, 3.8) is 0 Å². The van der Waals surface area contributed by atoms with Crippen LogP contribution in [0.15, 0.2) is 17.0 Å². The Morgan fingerprint density at radius 3 is 2.43 bits per heavy atom. The topological polar surface area (TPSA) is 75.4 Å². The first-order chi connectivity index (χ1) is 9.44. The third kappa shape index (κ3) is 4.94. The number of rotatable bonds is 6. The van der Waals surface area contributed by atoms with E-state index >= 15 is 0 Å². The molecule has 0 saturated carbocycles. The van der Waals surface area contributed by atoms with Crippen LogP contribution in [0, 0.1) is 18.2 Å². The van der Waals surface area contributed by atoms with Crippen LogP contribution in [0.2, 0.25) is 0 Å². The lowest BCUT2D eigenvalue weighted by atomic mass is 9.93. The average Bonchev–Trinajstić information content (AvgIpc) is 2.30. The maximum atomic E-state index is 14.0. The van der Waals surface area contributed by atoms with Crippen molar-refractivity contribution in [3.8, 4) is 0 Å². The van der Waals surface area contributed by atoms with Gasteiger partial charge >= 0.3 is 0 Å². The molecular weight excluding hydrogens is 293 g/mol. The zero-order valence-corrected chi connectivity index (χ0v) is 14.0. The van der Waals surface area contributed by atoms with E-state index in [4.69, 9.17) is 5.73 Å². The van der Waals surface area contributed by atoms with Gasteiger partial charge in [-0.15, -0.1) is 0 Å². The van der Waals surface area contributed by atoms with E-state index in [2.05, 4.69) is 4.72 Å². The highest BCUT2D eigenvalue weighted by Gasteiger charge is 2.25. The summed E-state index contributed by atoms with van der Waals surface area (Å²) in [6, 6.07) is 2.55. The van der Waals surface area contributed by atoms with Crippen molar-refractivity contribution in [2.24, 2.45) is 5.41 Å². The molecule has 0 aliphatic heterocycles. The first kappa shape index (κ1) is 17.9. The highest BCUT2D eigenvalue weighted by Crippen LogP contribution is 2.22. The first-order valence-electron chi connectivity index (χ1n) is 6.65. The largest absolute Gasteiger partial charge is 0.399 e. The number of nitrogens with two attached hydrogens (primary N) is 1. The van der Waals surface area contributed by atoms with Gasteiger partial charge in [-0.05, 0) is 44.1 Å². The number of hydrogen-bond donors (Lipinski definition) is 2. The van der Waals surface area contributed by atoms with Crippen molar-refractivity contribution in [2.75, 3.05) is 32.9 Å². The number of anilines is 1. The molecule has 1 aromatic carbocycles. The molecule has 0 atom stereocenters. The normalized spacial score (nSPS) is 12.9. The fourth-order valence-electron chi connectivity index (χ4n) is 2.24. The maximum absolute atomic E-state index is 14.0. The molecule has 0 fully saturated rings. The fourth-order valence-corrected chi connectivity index (χ4v) is 3.66. The Morgan fingerprint density at radius 1 is 1.33 bits per heavy atom. The molecule has 7 heteroatoms. The van der Waals surface area contributed by atoms with Crippen molar-refractivity contribution in [1.29, 1.82) is 0 Å². The van der Waals surface area contributed by atoms with Crippen LogP contribution in [-0.4, -0.2) is 40.5 Å². The number of hydrogen-bond acceptors (Lipinski definition) is 4. The number of benzene rings is 1. The summed E-state index contributed by atoms with van der Waals surface area (Å²) in [4.78, 5) is 1.57. The molecule has 0 saturated heterocycles. The molecule has 0 aliphatic rings. The van der Waals surface area contributed by atoms with Gasteiger partial charge in [0.15, 0.2) is 0 Å². The Bertz CT molecular complexity index is 613. The Balaban J connectivity index is 2.98. The second-order valence-electron chi connectivity index (χ2n) is 6.38. The second kappa shape index (κ2) is 6.29. The van der Waals surface area contributed by atoms with Gasteiger partial charge in [-0.2, -0.15) is 0 Å². The maximum Gasteiger partial charge on any atom is 0.243 e. The Hall–Kier alpha value is -1.18. The van der Waals surface area contributed by atoms with E-state index in [1.807, 2.05) is 32.8 Å². The average molecular weight is 317 g/mol. The molecule has 0 aromatic heterocycles. The van der Waals surface area contributed by atoms with Crippen molar-refractivity contribution >= 4 is 15.7 Å². The van der Waals surface area contributed by atoms with Crippen LogP contribution in [0.25, 0.3) is 0 Å². The number of halogens is 1. The lowest BCUT2D eigenvalue weighted by Gasteiger charge is -2.28. The van der Waals surface area contributed by atoms with Gasteiger partial charge in [0.05, 0.1) is 0 Å². The minimum Gasteiger partial charge on any atom is -0.399 e. The van der Waals surface area contributed by atoms with Crippen molar-refractivity contribution < 1.29 is 12.8 Å². The monoisotopic (exact) mass is 317 g/mol. The summed E-state index contributed by atoms with van der Waals surface area (Å²) in [6.45, 7) is 6.28. The van der Waals surface area contributed by atoms with Gasteiger partial charge in [0, 0.05) is 18.8 Å². The van der Waals surface area contributed by atoms with Crippen molar-refractivity contribution in [1.82, 2.24) is 9.62 Å². The zero-order chi connectivity index (χ0) is 16.4. The molecule has 0 amide bonds. The van der Waals surface area contributed by atoms with E-state index in [1.54, 1.807) is 0 Å². The van der Waals surface area contributed by atoms with Gasteiger partial charge in [0.25, 0.3) is 0 Å². The summed E-state index contributed by atoms with van der Waals surface area (Å²) in [7, 11) is -0.101. The lowest BCUT2D eigenvalue weighted by Crippen LogP contribution is -2.40. The van der Waals surface area contributed by atoms with Crippen LogP contribution in [-0.2, 0) is 10.0 Å². The van der Waals surface area contributed by atoms with Crippen LogP contribution in [0.3, 0.4) is 0 Å². The van der Waals surface area contributed by atoms with E-state index in [9.17, 15) is 12.8 Å². The molecule has 1 aromatic rings. The summed E-state index contributed by atoms with van der Waals surface area (Å²) in [5.41, 5.74) is 5.77. The van der Waals surface area contributed by atoms with Gasteiger partial charge in [0.1, 0.15) is 10.7 Å². The van der Waals surface area contributed by atoms with Crippen LogP contribution < -0.4 is 10.5 Å². The number of sulfonamides is 1. The molecule has 1 rings (SSSR count). The molecule has 0 unspecified atom stereocenters. The summed E-state index contributed by atoms with van der Waals surface area (Å²) in [5, 5.41) is 0. The lowest BCUT2D eigenvalue weighted by molar-refractivity contribution is 0.242. The number of aryl methyl sites for hydroxylation is 1. The zero-order valence-electron chi connectivity index (χ0n) is 13.2. The smallest absolute Gasteiger partial charge is 0.243 e. The molecule has 3 N–H and O–H groups in total. The third-order valence-electron chi connectivity index (χ3n) is 3.02. The first-order valence-corrected chi connectivity index (χ1v) is 8.13. The van der Waals surface area contributed by atoms with E-state index in [0.29, 0.717) is 6.54 Å². The SMILES string of the molecule is Cc1cc(N)cc(S(=O)(=O)NCC(C)(C)CN(C)C)c1F. The molecule has 0 heterocycles. The van der Waals surface area contributed by atoms with Gasteiger partial charge in [-0.1, -0.05) is 13.8 Å². The molecule has 21 heavy (non-hydrogen) atoms. The van der Waals surface area contributed by atoms with Crippen LogP contribution in [0.4, 0.5) is 10.1 Å². The van der Waals surface area contributed by atoms with Crippen molar-refractivity contribution in [2.45, 2.75) is 25.7 Å². The molecule has 120 valence electrons.